The average molecular weight is 429 g/mol. The van der Waals surface area contributed by atoms with Crippen LogP contribution in [0.4, 0.5) is 0 Å². The summed E-state index contributed by atoms with van der Waals surface area (Å²) in [5, 5.41) is 7.87. The van der Waals surface area contributed by atoms with Crippen molar-refractivity contribution in [1.29, 1.82) is 0 Å². The highest BCUT2D eigenvalue weighted by atomic mass is 32.1. The summed E-state index contributed by atoms with van der Waals surface area (Å²) >= 11 is 5.27. The second-order valence-corrected chi connectivity index (χ2v) is 7.17. The van der Waals surface area contributed by atoms with Crippen LogP contribution in [-0.4, -0.2) is 62.7 Å². The number of ether oxygens (including phenoxy) is 3. The number of nitrogens with zero attached hydrogens (tertiary/aromatic N) is 2. The molecule has 0 aromatic heterocycles. The quantitative estimate of drug-likeness (QED) is 0.361. The van der Waals surface area contributed by atoms with Gasteiger partial charge < -0.3 is 19.5 Å². The smallest absolute Gasteiger partial charge is 0.187 e. The maximum atomic E-state index is 5.93. The molecule has 1 fully saturated rings. The molecule has 30 heavy (non-hydrogen) atoms. The van der Waals surface area contributed by atoms with E-state index >= 15 is 0 Å². The van der Waals surface area contributed by atoms with Gasteiger partial charge in [0, 0.05) is 26.2 Å². The standard InChI is InChI=1S/C22H28N4O3S/c1-27-20-8-7-19(15-21(20)29-17-18-5-3-2-4-6-18)16-24-25-22(30)23-9-10-26-11-13-28-14-12-26/h2-8,15-16H,9-14,17H2,1H3,(H2,23,25,30)/b24-16+. The molecule has 0 spiro atoms. The molecule has 0 radical (unpaired) electrons. The van der Waals surface area contributed by atoms with E-state index in [0.717, 1.165) is 50.5 Å². The normalized spacial score (nSPS) is 14.4. The fraction of sp³-hybridized carbons (Fsp3) is 0.364. The van der Waals surface area contributed by atoms with E-state index < -0.39 is 0 Å². The molecule has 1 saturated heterocycles. The van der Waals surface area contributed by atoms with Gasteiger partial charge in [0.2, 0.25) is 0 Å². The molecule has 8 heteroatoms. The van der Waals surface area contributed by atoms with Gasteiger partial charge in [-0.05, 0) is 41.5 Å². The van der Waals surface area contributed by atoms with E-state index in [9.17, 15) is 0 Å². The van der Waals surface area contributed by atoms with Gasteiger partial charge in [0.15, 0.2) is 16.6 Å². The predicted octanol–water partition coefficient (Wildman–Crippen LogP) is 2.40. The van der Waals surface area contributed by atoms with E-state index in [2.05, 4.69) is 20.7 Å². The maximum Gasteiger partial charge on any atom is 0.187 e. The van der Waals surface area contributed by atoms with Crippen LogP contribution in [0.1, 0.15) is 11.1 Å². The molecule has 0 bridgehead atoms. The number of hydrazone groups is 1. The van der Waals surface area contributed by atoms with Crippen molar-refractivity contribution in [2.45, 2.75) is 6.61 Å². The van der Waals surface area contributed by atoms with Crippen LogP contribution in [0.2, 0.25) is 0 Å². The number of hydrogen-bond acceptors (Lipinski definition) is 6. The van der Waals surface area contributed by atoms with E-state index in [1.54, 1.807) is 13.3 Å². The molecule has 3 rings (SSSR count). The second-order valence-electron chi connectivity index (χ2n) is 6.76. The van der Waals surface area contributed by atoms with Crippen molar-refractivity contribution in [3.8, 4) is 11.5 Å². The first-order valence-electron chi connectivity index (χ1n) is 9.96. The molecule has 1 heterocycles. The number of benzene rings is 2. The summed E-state index contributed by atoms with van der Waals surface area (Å²) in [5.74, 6) is 1.34. The molecule has 1 aliphatic rings. The average Bonchev–Trinajstić information content (AvgIpc) is 2.79. The van der Waals surface area contributed by atoms with E-state index in [0.29, 0.717) is 23.2 Å². The molecular formula is C22H28N4O3S. The summed E-state index contributed by atoms with van der Waals surface area (Å²) < 4.78 is 16.7. The number of thiocarbonyl (C=S) groups is 1. The highest BCUT2D eigenvalue weighted by Gasteiger charge is 2.09. The molecule has 2 aromatic rings. The Bertz CT molecular complexity index is 826. The number of morpholine rings is 1. The summed E-state index contributed by atoms with van der Waals surface area (Å²) in [7, 11) is 1.63. The minimum absolute atomic E-state index is 0.465. The van der Waals surface area contributed by atoms with E-state index in [-0.39, 0.29) is 0 Å². The van der Waals surface area contributed by atoms with Crippen molar-refractivity contribution < 1.29 is 14.2 Å². The number of methoxy groups -OCH3 is 1. The Kier molecular flexibility index (Phi) is 8.89. The van der Waals surface area contributed by atoms with E-state index in [1.807, 2.05) is 48.5 Å². The molecule has 2 aromatic carbocycles. The fourth-order valence-electron chi connectivity index (χ4n) is 2.98. The molecule has 0 aliphatic carbocycles. The van der Waals surface area contributed by atoms with Gasteiger partial charge in [-0.1, -0.05) is 30.3 Å². The van der Waals surface area contributed by atoms with E-state index in [1.165, 1.54) is 0 Å². The Morgan fingerprint density at radius 2 is 1.97 bits per heavy atom. The lowest BCUT2D eigenvalue weighted by Crippen LogP contribution is -2.42. The first kappa shape index (κ1) is 22.0. The lowest BCUT2D eigenvalue weighted by molar-refractivity contribution is 0.0389. The number of hydrogen-bond donors (Lipinski definition) is 2. The molecule has 0 unspecified atom stereocenters. The van der Waals surface area contributed by atoms with Gasteiger partial charge in [-0.2, -0.15) is 5.10 Å². The Morgan fingerprint density at radius 3 is 2.73 bits per heavy atom. The third-order valence-electron chi connectivity index (χ3n) is 4.62. The van der Waals surface area contributed by atoms with Crippen molar-refractivity contribution >= 4 is 23.5 Å². The van der Waals surface area contributed by atoms with Gasteiger partial charge in [-0.25, -0.2) is 0 Å². The monoisotopic (exact) mass is 428 g/mol. The van der Waals surface area contributed by atoms with Gasteiger partial charge in [0.05, 0.1) is 26.5 Å². The van der Waals surface area contributed by atoms with E-state index in [4.69, 9.17) is 26.4 Å². The lowest BCUT2D eigenvalue weighted by Gasteiger charge is -2.26. The van der Waals surface area contributed by atoms with Gasteiger partial charge in [-0.3, -0.25) is 10.3 Å². The van der Waals surface area contributed by atoms with Crippen molar-refractivity contribution in [2.24, 2.45) is 5.10 Å². The van der Waals surface area contributed by atoms with Crippen molar-refractivity contribution in [1.82, 2.24) is 15.6 Å². The van der Waals surface area contributed by atoms with Crippen LogP contribution in [-0.2, 0) is 11.3 Å². The van der Waals surface area contributed by atoms with Gasteiger partial charge in [0.25, 0.3) is 0 Å². The number of nitrogens with one attached hydrogen (secondary N) is 2. The first-order chi connectivity index (χ1) is 14.7. The molecule has 0 saturated carbocycles. The van der Waals surface area contributed by atoms with Crippen LogP contribution in [0.5, 0.6) is 11.5 Å². The molecular weight excluding hydrogens is 400 g/mol. The van der Waals surface area contributed by atoms with Crippen molar-refractivity contribution in [3.05, 3.63) is 59.7 Å². The van der Waals surface area contributed by atoms with Crippen LogP contribution in [0, 0.1) is 0 Å². The third-order valence-corrected chi connectivity index (χ3v) is 4.86. The van der Waals surface area contributed by atoms with Crippen molar-refractivity contribution in [2.75, 3.05) is 46.5 Å². The summed E-state index contributed by atoms with van der Waals surface area (Å²) in [6.45, 7) is 5.68. The Hall–Kier alpha value is -2.68. The molecule has 2 N–H and O–H groups in total. The van der Waals surface area contributed by atoms with Crippen LogP contribution < -0.4 is 20.2 Å². The minimum Gasteiger partial charge on any atom is -0.493 e. The van der Waals surface area contributed by atoms with Crippen LogP contribution in [0.15, 0.2) is 53.6 Å². The molecule has 7 nitrogen and oxygen atoms in total. The zero-order chi connectivity index (χ0) is 21.0. The zero-order valence-corrected chi connectivity index (χ0v) is 18.0. The predicted molar refractivity (Wildman–Crippen MR) is 122 cm³/mol. The zero-order valence-electron chi connectivity index (χ0n) is 17.2. The Labute approximate surface area is 183 Å². The lowest BCUT2D eigenvalue weighted by atomic mass is 10.2. The second kappa shape index (κ2) is 12.1. The molecule has 1 aliphatic heterocycles. The SMILES string of the molecule is COc1ccc(/C=N/NC(=S)NCCN2CCOCC2)cc1OCc1ccccc1. The molecule has 0 amide bonds. The van der Waals surface area contributed by atoms with Crippen LogP contribution in [0.3, 0.4) is 0 Å². The van der Waals surface area contributed by atoms with Gasteiger partial charge in [0.1, 0.15) is 6.61 Å². The maximum absolute atomic E-state index is 5.93. The largest absolute Gasteiger partial charge is 0.493 e. The van der Waals surface area contributed by atoms with Gasteiger partial charge in [-0.15, -0.1) is 0 Å². The van der Waals surface area contributed by atoms with Crippen molar-refractivity contribution in [3.63, 3.8) is 0 Å². The Balaban J connectivity index is 1.46. The topological polar surface area (TPSA) is 67.4 Å². The molecule has 160 valence electrons. The molecule has 0 atom stereocenters. The number of rotatable bonds is 9. The van der Waals surface area contributed by atoms with Gasteiger partial charge >= 0.3 is 0 Å². The summed E-state index contributed by atoms with van der Waals surface area (Å²) in [5.41, 5.74) is 4.82. The van der Waals surface area contributed by atoms with Crippen LogP contribution >= 0.6 is 12.2 Å². The van der Waals surface area contributed by atoms with Crippen LogP contribution in [0.25, 0.3) is 0 Å². The summed E-state index contributed by atoms with van der Waals surface area (Å²) in [4.78, 5) is 2.34. The first-order valence-corrected chi connectivity index (χ1v) is 10.4. The minimum atomic E-state index is 0.465. The fourth-order valence-corrected chi connectivity index (χ4v) is 3.13. The Morgan fingerprint density at radius 1 is 1.17 bits per heavy atom. The highest BCUT2D eigenvalue weighted by Crippen LogP contribution is 2.28. The highest BCUT2D eigenvalue weighted by molar-refractivity contribution is 7.80. The third kappa shape index (κ3) is 7.29. The summed E-state index contributed by atoms with van der Waals surface area (Å²) in [6.07, 6.45) is 1.70. The summed E-state index contributed by atoms with van der Waals surface area (Å²) in [6, 6.07) is 15.7.